The molecule has 9 nitrogen and oxygen atoms in total. The molecule has 2 saturated heterocycles. The van der Waals surface area contributed by atoms with Crippen molar-refractivity contribution in [3.63, 3.8) is 0 Å². The highest BCUT2D eigenvalue weighted by Gasteiger charge is 2.49. The van der Waals surface area contributed by atoms with Gasteiger partial charge in [0.15, 0.2) is 5.78 Å². The van der Waals surface area contributed by atoms with Gasteiger partial charge in [-0.3, -0.25) is 24.1 Å². The van der Waals surface area contributed by atoms with Gasteiger partial charge in [0.05, 0.1) is 11.1 Å². The zero-order valence-electron chi connectivity index (χ0n) is 14.7. The second-order valence-corrected chi connectivity index (χ2v) is 6.80. The summed E-state index contributed by atoms with van der Waals surface area (Å²) in [6, 6.07) is 3.83. The molecule has 0 bridgehead atoms. The fourth-order valence-corrected chi connectivity index (χ4v) is 3.89. The van der Waals surface area contributed by atoms with Crippen molar-refractivity contribution in [3.8, 4) is 0 Å². The van der Waals surface area contributed by atoms with Crippen molar-refractivity contribution in [2.24, 2.45) is 0 Å². The fraction of sp³-hybridized carbons (Fsp3) is 0.389. The van der Waals surface area contributed by atoms with Crippen LogP contribution in [0.15, 0.2) is 24.3 Å². The number of carbonyl (C=O) groups excluding carboxylic acids is 5. The number of benzene rings is 1. The van der Waals surface area contributed by atoms with Crippen LogP contribution >= 0.6 is 0 Å². The Morgan fingerprint density at radius 1 is 1.07 bits per heavy atom. The summed E-state index contributed by atoms with van der Waals surface area (Å²) in [6.45, 7) is 1.46. The number of nitrogens with zero attached hydrogens (tertiary/aromatic N) is 3. The Labute approximate surface area is 154 Å². The minimum Gasteiger partial charge on any atom is -0.334 e. The first-order chi connectivity index (χ1) is 12.9. The molecule has 5 amide bonds. The van der Waals surface area contributed by atoms with E-state index in [0.717, 1.165) is 9.91 Å². The van der Waals surface area contributed by atoms with Gasteiger partial charge in [-0.1, -0.05) is 12.1 Å². The molecule has 1 aromatic rings. The lowest BCUT2D eigenvalue weighted by atomic mass is 10.0. The number of fused-ring (bicyclic) bond motifs is 2. The quantitative estimate of drug-likeness (QED) is 0.747. The molecule has 2 fully saturated rings. The number of imide groups is 1. The Morgan fingerprint density at radius 2 is 1.70 bits per heavy atom. The van der Waals surface area contributed by atoms with Gasteiger partial charge >= 0.3 is 6.03 Å². The summed E-state index contributed by atoms with van der Waals surface area (Å²) in [5.74, 6) is -2.01. The van der Waals surface area contributed by atoms with Gasteiger partial charge in [0.2, 0.25) is 0 Å². The first kappa shape index (κ1) is 17.2. The van der Waals surface area contributed by atoms with Gasteiger partial charge in [-0.25, -0.2) is 14.8 Å². The molecule has 9 heteroatoms. The molecule has 1 N–H and O–H groups in total. The molecule has 0 saturated carbocycles. The lowest BCUT2D eigenvalue weighted by molar-refractivity contribution is -0.160. The second kappa shape index (κ2) is 6.19. The minimum absolute atomic E-state index is 0.194. The predicted molar refractivity (Wildman–Crippen MR) is 91.4 cm³/mol. The monoisotopic (exact) mass is 370 g/mol. The number of carbonyl (C=O) groups is 5. The molecule has 1 aromatic carbocycles. The van der Waals surface area contributed by atoms with E-state index in [2.05, 4.69) is 5.32 Å². The number of ketones is 1. The second-order valence-electron chi connectivity index (χ2n) is 6.80. The Bertz CT molecular complexity index is 847. The zero-order chi connectivity index (χ0) is 19.3. The van der Waals surface area contributed by atoms with Crippen molar-refractivity contribution in [2.75, 3.05) is 13.1 Å². The maximum absolute atomic E-state index is 13.3. The summed E-state index contributed by atoms with van der Waals surface area (Å²) in [4.78, 5) is 64.2. The van der Waals surface area contributed by atoms with E-state index in [9.17, 15) is 24.0 Å². The zero-order valence-corrected chi connectivity index (χ0v) is 14.7. The van der Waals surface area contributed by atoms with Gasteiger partial charge in [0.1, 0.15) is 12.1 Å². The third-order valence-corrected chi connectivity index (χ3v) is 5.20. The lowest BCUT2D eigenvalue weighted by Gasteiger charge is -2.42. The number of rotatable bonds is 2. The molecule has 140 valence electrons. The number of nitrogens with one attached hydrogen (secondary N) is 1. The Morgan fingerprint density at radius 3 is 2.30 bits per heavy atom. The highest BCUT2D eigenvalue weighted by Crippen LogP contribution is 2.28. The van der Waals surface area contributed by atoms with Crippen LogP contribution in [0.1, 0.15) is 40.5 Å². The molecule has 4 rings (SSSR count). The van der Waals surface area contributed by atoms with E-state index in [4.69, 9.17) is 0 Å². The minimum atomic E-state index is -1.20. The van der Waals surface area contributed by atoms with Crippen LogP contribution in [0, 0.1) is 0 Å². The number of Topliss-reactive ketones (excluding diaryl/α,β-unsaturated/α-hetero) is 1. The van der Waals surface area contributed by atoms with Crippen LogP contribution < -0.4 is 5.32 Å². The molecule has 2 atom stereocenters. The SMILES string of the molecule is CC(=O)C1CCCN2C(=O)NCC(N3C(=O)c4ccccc4C3=O)C(=O)N12. The summed E-state index contributed by atoms with van der Waals surface area (Å²) < 4.78 is 0. The maximum Gasteiger partial charge on any atom is 0.336 e. The average molecular weight is 370 g/mol. The Kier molecular flexibility index (Phi) is 3.94. The largest absolute Gasteiger partial charge is 0.336 e. The van der Waals surface area contributed by atoms with E-state index in [1.807, 2.05) is 0 Å². The van der Waals surface area contributed by atoms with Crippen molar-refractivity contribution < 1.29 is 24.0 Å². The van der Waals surface area contributed by atoms with Crippen molar-refractivity contribution in [1.82, 2.24) is 20.2 Å². The summed E-state index contributed by atoms with van der Waals surface area (Å²) >= 11 is 0. The lowest BCUT2D eigenvalue weighted by Crippen LogP contribution is -2.62. The smallest absolute Gasteiger partial charge is 0.334 e. The van der Waals surface area contributed by atoms with Crippen LogP contribution in [0.5, 0.6) is 0 Å². The summed E-state index contributed by atoms with van der Waals surface area (Å²) in [6.07, 6.45) is 1.01. The highest BCUT2D eigenvalue weighted by molar-refractivity contribution is 6.23. The summed E-state index contributed by atoms with van der Waals surface area (Å²) in [5.41, 5.74) is 0.453. The van der Waals surface area contributed by atoms with Crippen molar-refractivity contribution in [3.05, 3.63) is 35.4 Å². The van der Waals surface area contributed by atoms with E-state index in [0.29, 0.717) is 12.8 Å². The average Bonchev–Trinajstić information content (AvgIpc) is 2.84. The predicted octanol–water partition coefficient (Wildman–Crippen LogP) is 0.171. The number of amides is 5. The first-order valence-corrected chi connectivity index (χ1v) is 8.77. The highest BCUT2D eigenvalue weighted by atomic mass is 16.2. The molecule has 3 aliphatic heterocycles. The van der Waals surface area contributed by atoms with Gasteiger partial charge < -0.3 is 5.32 Å². The van der Waals surface area contributed by atoms with Crippen molar-refractivity contribution >= 4 is 29.5 Å². The Hall–Kier alpha value is -3.23. The molecular formula is C18H18N4O5. The molecule has 27 heavy (non-hydrogen) atoms. The molecular weight excluding hydrogens is 352 g/mol. The third-order valence-electron chi connectivity index (χ3n) is 5.20. The molecule has 0 spiro atoms. The van der Waals surface area contributed by atoms with Gasteiger partial charge in [0.25, 0.3) is 17.7 Å². The van der Waals surface area contributed by atoms with Crippen molar-refractivity contribution in [2.45, 2.75) is 31.8 Å². The normalized spacial score (nSPS) is 25.1. The Balaban J connectivity index is 1.73. The third kappa shape index (κ3) is 2.49. The van der Waals surface area contributed by atoms with E-state index in [1.54, 1.807) is 12.1 Å². The molecule has 0 aromatic heterocycles. The van der Waals surface area contributed by atoms with Gasteiger partial charge in [0, 0.05) is 13.1 Å². The van der Waals surface area contributed by atoms with Gasteiger partial charge in [-0.2, -0.15) is 0 Å². The molecule has 3 heterocycles. The molecule has 2 unspecified atom stereocenters. The van der Waals surface area contributed by atoms with Crippen LogP contribution in [-0.2, 0) is 9.59 Å². The van der Waals surface area contributed by atoms with Crippen LogP contribution in [0.25, 0.3) is 0 Å². The van der Waals surface area contributed by atoms with Crippen LogP contribution in [0.3, 0.4) is 0 Å². The van der Waals surface area contributed by atoms with Crippen molar-refractivity contribution in [1.29, 1.82) is 0 Å². The van der Waals surface area contributed by atoms with Crippen LogP contribution in [-0.4, -0.2) is 69.6 Å². The number of urea groups is 1. The van der Waals surface area contributed by atoms with E-state index < -0.39 is 35.8 Å². The van der Waals surface area contributed by atoms with Gasteiger partial charge in [-0.05, 0) is 31.9 Å². The topological polar surface area (TPSA) is 107 Å². The first-order valence-electron chi connectivity index (χ1n) is 8.77. The summed E-state index contributed by atoms with van der Waals surface area (Å²) in [7, 11) is 0. The fourth-order valence-electron chi connectivity index (χ4n) is 3.89. The molecule has 0 aliphatic carbocycles. The number of hydrazine groups is 1. The van der Waals surface area contributed by atoms with Crippen LogP contribution in [0.4, 0.5) is 4.79 Å². The number of hydrogen-bond donors (Lipinski definition) is 1. The molecule has 0 radical (unpaired) electrons. The molecule has 3 aliphatic rings. The van der Waals surface area contributed by atoms with E-state index in [1.165, 1.54) is 24.1 Å². The van der Waals surface area contributed by atoms with Crippen LogP contribution in [0.2, 0.25) is 0 Å². The summed E-state index contributed by atoms with van der Waals surface area (Å²) in [5, 5.41) is 4.93. The number of hydrogen-bond acceptors (Lipinski definition) is 5. The standard InChI is InChI=1S/C18H18N4O5/c1-10(23)13-7-4-8-20-18(27)19-9-14(17(26)22(13)20)21-15(24)11-5-2-3-6-12(11)16(21)25/h2-3,5-6,13-14H,4,7-9H2,1H3,(H,19,27). The van der Waals surface area contributed by atoms with E-state index >= 15 is 0 Å². The van der Waals surface area contributed by atoms with E-state index in [-0.39, 0.29) is 30.0 Å². The maximum atomic E-state index is 13.3. The van der Waals surface area contributed by atoms with Gasteiger partial charge in [-0.15, -0.1) is 0 Å².